The maximum absolute atomic E-state index is 8.44. The number of aryl methyl sites for hydroxylation is 1. The first-order valence-electron chi connectivity index (χ1n) is 2.91. The maximum Gasteiger partial charge on any atom is 1.00 e. The van der Waals surface area contributed by atoms with Crippen molar-refractivity contribution in [2.75, 3.05) is 0 Å². The van der Waals surface area contributed by atoms with Gasteiger partial charge < -0.3 is 9.11 Å². The summed E-state index contributed by atoms with van der Waals surface area (Å²) in [4.78, 5) is 0. The standard InChI is InChI=1S/C7H8.2Na.H2O3S/c1-7-5-3-2-4-6-7;;;1-4(2)3/h2-6H,1H3;;;(H2,1,2,3)/q;2*+1;/p-2. The Kier molecular flexibility index (Phi) is 20.2. The van der Waals surface area contributed by atoms with Crippen LogP contribution >= 0.6 is 0 Å². The molecule has 6 heteroatoms. The molecule has 62 valence electrons. The van der Waals surface area contributed by atoms with E-state index in [0.717, 1.165) is 0 Å². The van der Waals surface area contributed by atoms with Gasteiger partial charge in [-0.3, -0.25) is 4.21 Å². The molecule has 0 spiro atoms. The molecule has 1 rings (SSSR count). The Balaban J connectivity index is -0.000000150. The molecular formula is C7H8Na2O3S. The second-order valence-corrected chi connectivity index (χ2v) is 2.27. The quantitative estimate of drug-likeness (QED) is 0.323. The minimum Gasteiger partial charge on any atom is -0.784 e. The first-order chi connectivity index (χ1) is 5.13. The van der Waals surface area contributed by atoms with Crippen LogP contribution in [0.25, 0.3) is 0 Å². The summed E-state index contributed by atoms with van der Waals surface area (Å²) in [6.45, 7) is 2.08. The smallest absolute Gasteiger partial charge is 0.784 e. The second kappa shape index (κ2) is 13.3. The Bertz CT molecular complexity index is 214. The summed E-state index contributed by atoms with van der Waals surface area (Å²) >= 11 is -3.11. The van der Waals surface area contributed by atoms with Crippen LogP contribution in [0.1, 0.15) is 5.56 Å². The fourth-order valence-electron chi connectivity index (χ4n) is 0.534. The minimum atomic E-state index is -3.11. The summed E-state index contributed by atoms with van der Waals surface area (Å²) in [5.74, 6) is 0. The molecule has 0 radical (unpaired) electrons. The van der Waals surface area contributed by atoms with Gasteiger partial charge in [0.1, 0.15) is 0 Å². The average molecular weight is 218 g/mol. The van der Waals surface area contributed by atoms with Gasteiger partial charge in [-0.1, -0.05) is 35.9 Å². The Morgan fingerprint density at radius 3 is 1.54 bits per heavy atom. The molecule has 0 fully saturated rings. The summed E-state index contributed by atoms with van der Waals surface area (Å²) < 4.78 is 25.3. The van der Waals surface area contributed by atoms with E-state index in [1.807, 2.05) is 18.2 Å². The number of hydrogen-bond donors (Lipinski definition) is 0. The van der Waals surface area contributed by atoms with Crippen molar-refractivity contribution in [1.82, 2.24) is 0 Å². The van der Waals surface area contributed by atoms with Crippen LogP contribution < -0.4 is 59.1 Å². The molecule has 0 saturated carbocycles. The number of hydrogen-bond acceptors (Lipinski definition) is 3. The Hall–Kier alpha value is 1.29. The molecule has 0 saturated heterocycles. The van der Waals surface area contributed by atoms with Gasteiger partial charge in [0.2, 0.25) is 0 Å². The van der Waals surface area contributed by atoms with Crippen molar-refractivity contribution in [3.8, 4) is 0 Å². The zero-order chi connectivity index (χ0) is 8.69. The van der Waals surface area contributed by atoms with E-state index in [2.05, 4.69) is 19.1 Å². The summed E-state index contributed by atoms with van der Waals surface area (Å²) in [5.41, 5.74) is 1.32. The summed E-state index contributed by atoms with van der Waals surface area (Å²) in [6, 6.07) is 10.3. The van der Waals surface area contributed by atoms with Crippen LogP contribution in [0.5, 0.6) is 0 Å². The van der Waals surface area contributed by atoms with Gasteiger partial charge in [-0.2, -0.15) is 0 Å². The molecule has 1 aromatic carbocycles. The first-order valence-corrected chi connectivity index (χ1v) is 3.91. The topological polar surface area (TPSA) is 63.2 Å². The molecular weight excluding hydrogens is 210 g/mol. The van der Waals surface area contributed by atoms with Crippen molar-refractivity contribution in [2.45, 2.75) is 6.92 Å². The molecule has 0 N–H and O–H groups in total. The second-order valence-electron chi connectivity index (χ2n) is 1.86. The molecule has 0 heterocycles. The molecule has 0 unspecified atom stereocenters. The van der Waals surface area contributed by atoms with Crippen LogP contribution in [0.3, 0.4) is 0 Å². The fourth-order valence-corrected chi connectivity index (χ4v) is 0.534. The molecule has 1 aromatic rings. The molecule has 0 aliphatic carbocycles. The maximum atomic E-state index is 8.44. The average Bonchev–Trinajstić information content (AvgIpc) is 1.87. The summed E-state index contributed by atoms with van der Waals surface area (Å²) in [7, 11) is 0. The van der Waals surface area contributed by atoms with Gasteiger partial charge in [-0.15, -0.1) is 11.4 Å². The number of benzene rings is 1. The molecule has 0 aromatic heterocycles. The minimum absolute atomic E-state index is 0. The predicted octanol–water partition coefficient (Wildman–Crippen LogP) is -5.00. The molecule has 0 aliphatic heterocycles. The van der Waals surface area contributed by atoms with Crippen molar-refractivity contribution in [2.24, 2.45) is 0 Å². The van der Waals surface area contributed by atoms with Gasteiger partial charge in [0, 0.05) is 0 Å². The van der Waals surface area contributed by atoms with Crippen LogP contribution in [0, 0.1) is 6.92 Å². The predicted molar refractivity (Wildman–Crippen MR) is 40.9 cm³/mol. The van der Waals surface area contributed by atoms with Crippen LogP contribution in [0.4, 0.5) is 0 Å². The van der Waals surface area contributed by atoms with Crippen molar-refractivity contribution in [3.05, 3.63) is 35.9 Å². The van der Waals surface area contributed by atoms with Crippen molar-refractivity contribution >= 4 is 11.4 Å². The van der Waals surface area contributed by atoms with Crippen molar-refractivity contribution in [1.29, 1.82) is 0 Å². The van der Waals surface area contributed by atoms with E-state index >= 15 is 0 Å². The van der Waals surface area contributed by atoms with Gasteiger partial charge in [0.05, 0.1) is 0 Å². The van der Waals surface area contributed by atoms with Gasteiger partial charge in [0.15, 0.2) is 0 Å². The van der Waals surface area contributed by atoms with Crippen LogP contribution in [0.15, 0.2) is 30.3 Å². The Morgan fingerprint density at radius 1 is 1.08 bits per heavy atom. The molecule has 3 nitrogen and oxygen atoms in total. The first kappa shape index (κ1) is 19.8. The van der Waals surface area contributed by atoms with Gasteiger partial charge in [-0.05, 0) is 6.92 Å². The van der Waals surface area contributed by atoms with E-state index in [-0.39, 0.29) is 59.1 Å². The fraction of sp³-hybridized carbons (Fsp3) is 0.143. The summed E-state index contributed by atoms with van der Waals surface area (Å²) in [6.07, 6.45) is 0. The van der Waals surface area contributed by atoms with Crippen LogP contribution in [0.2, 0.25) is 0 Å². The molecule has 0 aliphatic rings. The monoisotopic (exact) mass is 218 g/mol. The van der Waals surface area contributed by atoms with Crippen molar-refractivity contribution < 1.29 is 72.4 Å². The van der Waals surface area contributed by atoms with E-state index in [4.69, 9.17) is 13.3 Å². The van der Waals surface area contributed by atoms with Crippen LogP contribution in [-0.2, 0) is 11.4 Å². The Morgan fingerprint density at radius 2 is 1.38 bits per heavy atom. The molecule has 0 bridgehead atoms. The van der Waals surface area contributed by atoms with E-state index in [9.17, 15) is 0 Å². The Labute approximate surface area is 125 Å². The normalized spacial score (nSPS) is 7.38. The zero-order valence-electron chi connectivity index (χ0n) is 8.02. The molecule has 13 heavy (non-hydrogen) atoms. The zero-order valence-corrected chi connectivity index (χ0v) is 12.8. The number of rotatable bonds is 0. The van der Waals surface area contributed by atoms with Gasteiger partial charge in [-0.25, -0.2) is 0 Å². The third-order valence-corrected chi connectivity index (χ3v) is 0.940. The van der Waals surface area contributed by atoms with E-state index < -0.39 is 11.4 Å². The molecule has 0 atom stereocenters. The van der Waals surface area contributed by atoms with E-state index in [1.165, 1.54) is 5.56 Å². The van der Waals surface area contributed by atoms with Crippen molar-refractivity contribution in [3.63, 3.8) is 0 Å². The van der Waals surface area contributed by atoms with Gasteiger partial charge in [0.25, 0.3) is 0 Å². The van der Waals surface area contributed by atoms with E-state index in [1.54, 1.807) is 0 Å². The van der Waals surface area contributed by atoms with Crippen LogP contribution in [-0.4, -0.2) is 13.3 Å². The summed E-state index contributed by atoms with van der Waals surface area (Å²) in [5, 5.41) is 0. The van der Waals surface area contributed by atoms with Gasteiger partial charge >= 0.3 is 59.1 Å². The van der Waals surface area contributed by atoms with E-state index in [0.29, 0.717) is 0 Å². The third-order valence-electron chi connectivity index (χ3n) is 0.940. The third kappa shape index (κ3) is 19.6. The SMILES string of the molecule is Cc1ccccc1.O=S([O-])[O-].[Na+].[Na+]. The largest absolute Gasteiger partial charge is 1.00 e. The molecule has 0 amide bonds.